The Labute approximate surface area is 158 Å². The molecule has 0 aromatic carbocycles. The van der Waals surface area contributed by atoms with Gasteiger partial charge in [-0.3, -0.25) is 4.79 Å². The Morgan fingerprint density at radius 3 is 2.63 bits per heavy atom. The highest BCUT2D eigenvalue weighted by Gasteiger charge is 2.53. The summed E-state index contributed by atoms with van der Waals surface area (Å²) in [4.78, 5) is 36.9. The minimum absolute atomic E-state index is 0.00672. The van der Waals surface area contributed by atoms with Crippen LogP contribution in [0.5, 0.6) is 0 Å². The average molecular weight is 378 g/mol. The average Bonchev–Trinajstić information content (AvgIpc) is 2.88. The van der Waals surface area contributed by atoms with Crippen LogP contribution in [0, 0.1) is 5.92 Å². The van der Waals surface area contributed by atoms with Crippen LogP contribution in [0.4, 0.5) is 0 Å². The van der Waals surface area contributed by atoms with Crippen LogP contribution in [0.25, 0.3) is 0 Å². The second kappa shape index (κ2) is 7.78. The molecule has 1 aliphatic carbocycles. The van der Waals surface area contributed by atoms with Crippen LogP contribution in [-0.2, 0) is 23.9 Å². The Kier molecular flexibility index (Phi) is 6.07. The standard InChI is InChI=1S/C20H26O7/c1-6-11(3)18(23)27-16-15-12(4)19(24)26-13(15)9-10(2)7-8-14(21)20(5,25)17(16)22/h6,9,13,15-17,22,25H,4,7-8H2,1-3,5H3. The van der Waals surface area contributed by atoms with Gasteiger partial charge in [0.2, 0.25) is 0 Å². The number of fused-ring (bicyclic) bond motifs is 1. The number of hydrogen-bond acceptors (Lipinski definition) is 7. The predicted molar refractivity (Wildman–Crippen MR) is 96.4 cm³/mol. The third kappa shape index (κ3) is 4.04. The molecule has 1 heterocycles. The number of ketones is 1. The van der Waals surface area contributed by atoms with Gasteiger partial charge < -0.3 is 19.7 Å². The highest BCUT2D eigenvalue weighted by Crippen LogP contribution is 2.38. The molecule has 2 rings (SSSR count). The Morgan fingerprint density at radius 2 is 2.04 bits per heavy atom. The Bertz CT molecular complexity index is 729. The summed E-state index contributed by atoms with van der Waals surface area (Å²) < 4.78 is 10.8. The smallest absolute Gasteiger partial charge is 0.334 e. The van der Waals surface area contributed by atoms with Crippen LogP contribution in [0.1, 0.15) is 40.5 Å². The van der Waals surface area contributed by atoms with Gasteiger partial charge in [0.15, 0.2) is 5.78 Å². The zero-order valence-electron chi connectivity index (χ0n) is 16.0. The van der Waals surface area contributed by atoms with E-state index in [0.29, 0.717) is 6.42 Å². The molecule has 1 aliphatic heterocycles. The quantitative estimate of drug-likeness (QED) is 0.424. The molecule has 0 saturated carbocycles. The van der Waals surface area contributed by atoms with Gasteiger partial charge in [0.1, 0.15) is 23.9 Å². The Balaban J connectivity index is 2.57. The van der Waals surface area contributed by atoms with Crippen molar-refractivity contribution >= 4 is 17.7 Å². The summed E-state index contributed by atoms with van der Waals surface area (Å²) in [7, 11) is 0. The first-order chi connectivity index (χ1) is 12.5. The van der Waals surface area contributed by atoms with E-state index in [1.807, 2.05) is 0 Å². The summed E-state index contributed by atoms with van der Waals surface area (Å²) in [6, 6.07) is 0. The summed E-state index contributed by atoms with van der Waals surface area (Å²) in [6.07, 6.45) is -0.423. The first-order valence-corrected chi connectivity index (χ1v) is 8.85. The lowest BCUT2D eigenvalue weighted by Crippen LogP contribution is -2.57. The normalized spacial score (nSPS) is 35.3. The maximum absolute atomic E-state index is 12.5. The third-order valence-electron chi connectivity index (χ3n) is 5.26. The van der Waals surface area contributed by atoms with E-state index < -0.39 is 47.6 Å². The largest absolute Gasteiger partial charge is 0.455 e. The lowest BCUT2D eigenvalue weighted by Gasteiger charge is -2.37. The van der Waals surface area contributed by atoms with Crippen molar-refractivity contribution in [3.63, 3.8) is 0 Å². The molecule has 0 aromatic heterocycles. The molecule has 0 bridgehead atoms. The third-order valence-corrected chi connectivity index (χ3v) is 5.26. The first kappa shape index (κ1) is 21.1. The van der Waals surface area contributed by atoms with Crippen molar-refractivity contribution in [1.82, 2.24) is 0 Å². The van der Waals surface area contributed by atoms with Crippen LogP contribution in [-0.4, -0.2) is 51.8 Å². The number of carbonyl (C=O) groups excluding carboxylic acids is 3. The summed E-state index contributed by atoms with van der Waals surface area (Å²) in [6.45, 7) is 9.84. The molecule has 0 spiro atoms. The van der Waals surface area contributed by atoms with Crippen molar-refractivity contribution in [3.8, 4) is 0 Å². The Hall–Kier alpha value is -2.25. The van der Waals surface area contributed by atoms with Crippen LogP contribution < -0.4 is 0 Å². The van der Waals surface area contributed by atoms with Gasteiger partial charge >= 0.3 is 11.9 Å². The van der Waals surface area contributed by atoms with E-state index in [1.165, 1.54) is 19.9 Å². The minimum Gasteiger partial charge on any atom is -0.455 e. The number of allylic oxidation sites excluding steroid dienone is 2. The van der Waals surface area contributed by atoms with Gasteiger partial charge in [0.05, 0.1) is 5.92 Å². The molecule has 1 fully saturated rings. The molecule has 0 radical (unpaired) electrons. The molecule has 1 saturated heterocycles. The van der Waals surface area contributed by atoms with Gasteiger partial charge in [-0.25, -0.2) is 9.59 Å². The van der Waals surface area contributed by atoms with E-state index in [-0.39, 0.29) is 17.6 Å². The fourth-order valence-corrected chi connectivity index (χ4v) is 3.21. The van der Waals surface area contributed by atoms with Gasteiger partial charge in [-0.15, -0.1) is 0 Å². The molecule has 148 valence electrons. The van der Waals surface area contributed by atoms with E-state index in [2.05, 4.69) is 6.58 Å². The van der Waals surface area contributed by atoms with E-state index in [4.69, 9.17) is 9.47 Å². The molecular formula is C20H26O7. The number of ether oxygens (including phenoxy) is 2. The molecule has 5 atom stereocenters. The number of hydrogen-bond donors (Lipinski definition) is 2. The molecule has 5 unspecified atom stereocenters. The summed E-state index contributed by atoms with van der Waals surface area (Å²) in [5, 5.41) is 21.5. The van der Waals surface area contributed by atoms with Crippen molar-refractivity contribution in [2.45, 2.75) is 64.4 Å². The van der Waals surface area contributed by atoms with Gasteiger partial charge in [0, 0.05) is 17.6 Å². The molecule has 27 heavy (non-hydrogen) atoms. The topological polar surface area (TPSA) is 110 Å². The number of esters is 2. The molecule has 7 heteroatoms. The second-order valence-electron chi connectivity index (χ2n) is 7.29. The summed E-state index contributed by atoms with van der Waals surface area (Å²) in [5.41, 5.74) is -1.09. The number of aliphatic hydroxyl groups excluding tert-OH is 1. The lowest BCUT2D eigenvalue weighted by molar-refractivity contribution is -0.179. The predicted octanol–water partition coefficient (Wildman–Crippen LogP) is 1.38. The van der Waals surface area contributed by atoms with E-state index in [0.717, 1.165) is 5.57 Å². The van der Waals surface area contributed by atoms with Crippen molar-refractivity contribution in [3.05, 3.63) is 35.5 Å². The maximum Gasteiger partial charge on any atom is 0.334 e. The van der Waals surface area contributed by atoms with Crippen LogP contribution in [0.3, 0.4) is 0 Å². The van der Waals surface area contributed by atoms with Crippen molar-refractivity contribution < 1.29 is 34.1 Å². The van der Waals surface area contributed by atoms with Gasteiger partial charge in [0.25, 0.3) is 0 Å². The highest BCUT2D eigenvalue weighted by molar-refractivity contribution is 5.92. The van der Waals surface area contributed by atoms with E-state index in [9.17, 15) is 24.6 Å². The molecule has 2 N–H and O–H groups in total. The van der Waals surface area contributed by atoms with Gasteiger partial charge in [-0.2, -0.15) is 0 Å². The minimum atomic E-state index is -2.16. The molecule has 0 aromatic rings. The summed E-state index contributed by atoms with van der Waals surface area (Å²) in [5.74, 6) is -2.90. The SMILES string of the molecule is C=C1C(=O)OC2C=C(C)CCC(=O)C(C)(O)C(O)C(OC(=O)C(C)=CC)C12. The Morgan fingerprint density at radius 1 is 1.41 bits per heavy atom. The van der Waals surface area contributed by atoms with Crippen molar-refractivity contribution in [1.29, 1.82) is 0 Å². The van der Waals surface area contributed by atoms with Crippen LogP contribution >= 0.6 is 0 Å². The maximum atomic E-state index is 12.5. The molecule has 7 nitrogen and oxygen atoms in total. The van der Waals surface area contributed by atoms with Gasteiger partial charge in [-0.05, 0) is 40.2 Å². The van der Waals surface area contributed by atoms with Crippen molar-refractivity contribution in [2.24, 2.45) is 5.92 Å². The van der Waals surface area contributed by atoms with Crippen LogP contribution in [0.15, 0.2) is 35.5 Å². The highest BCUT2D eigenvalue weighted by atomic mass is 16.6. The number of aliphatic hydroxyl groups is 2. The number of carbonyl (C=O) groups is 3. The number of rotatable bonds is 2. The summed E-state index contributed by atoms with van der Waals surface area (Å²) >= 11 is 0. The van der Waals surface area contributed by atoms with Crippen LogP contribution in [0.2, 0.25) is 0 Å². The first-order valence-electron chi connectivity index (χ1n) is 8.85. The molecule has 0 amide bonds. The zero-order chi connectivity index (χ0) is 20.5. The van der Waals surface area contributed by atoms with Gasteiger partial charge in [-0.1, -0.05) is 18.2 Å². The fraction of sp³-hybridized carbons (Fsp3) is 0.550. The van der Waals surface area contributed by atoms with E-state index >= 15 is 0 Å². The fourth-order valence-electron chi connectivity index (χ4n) is 3.21. The second-order valence-corrected chi connectivity index (χ2v) is 7.29. The lowest BCUT2D eigenvalue weighted by atomic mass is 9.78. The number of Topliss-reactive ketones (excluding diaryl/α,β-unsaturated/α-hetero) is 1. The monoisotopic (exact) mass is 378 g/mol. The zero-order valence-corrected chi connectivity index (χ0v) is 16.0. The van der Waals surface area contributed by atoms with Crippen molar-refractivity contribution in [2.75, 3.05) is 0 Å². The molecule has 2 aliphatic rings. The van der Waals surface area contributed by atoms with E-state index in [1.54, 1.807) is 19.9 Å². The molecular weight excluding hydrogens is 352 g/mol.